The van der Waals surface area contributed by atoms with Crippen LogP contribution in [-0.4, -0.2) is 63.9 Å². The fourth-order valence-corrected chi connectivity index (χ4v) is 4.22. The molecule has 0 bridgehead atoms. The van der Waals surface area contributed by atoms with Crippen LogP contribution in [0.15, 0.2) is 60.8 Å². The fraction of sp³-hybridized carbons (Fsp3) is 0.222. The van der Waals surface area contributed by atoms with Crippen LogP contribution in [0.1, 0.15) is 5.56 Å². The lowest BCUT2D eigenvalue weighted by atomic mass is 9.89. The number of nitrogens with one attached hydrogen (secondary N) is 1. The highest BCUT2D eigenvalue weighted by Crippen LogP contribution is 2.33. The molecule has 0 saturated carbocycles. The van der Waals surface area contributed by atoms with Crippen molar-refractivity contribution in [2.75, 3.05) is 38.3 Å². The average molecular weight is 495 g/mol. The Hall–Kier alpha value is -4.15. The van der Waals surface area contributed by atoms with E-state index >= 15 is 0 Å². The van der Waals surface area contributed by atoms with E-state index in [4.69, 9.17) is 20.4 Å². The van der Waals surface area contributed by atoms with Crippen molar-refractivity contribution in [1.29, 1.82) is 0 Å². The zero-order valence-electron chi connectivity index (χ0n) is 21.4. The van der Waals surface area contributed by atoms with Gasteiger partial charge in [-0.1, -0.05) is 12.1 Å². The number of nitrogen functional groups attached to an aromatic ring is 1. The fourth-order valence-electron chi connectivity index (χ4n) is 4.22. The first-order chi connectivity index (χ1) is 17.8. The molecule has 2 heterocycles. The van der Waals surface area contributed by atoms with E-state index in [1.54, 1.807) is 17.6 Å². The van der Waals surface area contributed by atoms with Gasteiger partial charge in [-0.05, 0) is 75.9 Å². The summed E-state index contributed by atoms with van der Waals surface area (Å²) in [5, 5.41) is 19.5. The molecule has 5 rings (SSSR count). The molecule has 5 aromatic rings. The van der Waals surface area contributed by atoms with Gasteiger partial charge < -0.3 is 25.7 Å². The summed E-state index contributed by atoms with van der Waals surface area (Å²) in [5.74, 6) is 2.03. The number of nitrogens with two attached hydrogens (primary N) is 1. The number of benzene rings is 3. The molecule has 9 nitrogen and oxygen atoms in total. The van der Waals surface area contributed by atoms with E-state index in [1.807, 2.05) is 75.6 Å². The Bertz CT molecular complexity index is 1580. The lowest BCUT2D eigenvalue weighted by Crippen LogP contribution is -2.20. The summed E-state index contributed by atoms with van der Waals surface area (Å²) in [4.78, 5) is 11.8. The number of ether oxygens (including phenoxy) is 1. The van der Waals surface area contributed by atoms with Crippen LogP contribution < -0.4 is 15.8 Å². The highest BCUT2D eigenvalue weighted by Gasteiger charge is 2.15. The van der Waals surface area contributed by atoms with Crippen molar-refractivity contribution in [3.8, 4) is 17.1 Å². The third kappa shape index (κ3) is 5.21. The molecule has 0 fully saturated rings. The smallest absolute Gasteiger partial charge is 0.431 e. The monoisotopic (exact) mass is 495 g/mol. The van der Waals surface area contributed by atoms with Crippen LogP contribution in [0.25, 0.3) is 33.2 Å². The molecule has 10 heteroatoms. The number of likely N-dealkylation sites (N-methyl/N-ethyl adjacent to an activating group) is 1. The first kappa shape index (κ1) is 24.5. The zero-order valence-corrected chi connectivity index (χ0v) is 21.4. The van der Waals surface area contributed by atoms with Gasteiger partial charge in [0.05, 0.1) is 17.2 Å². The average Bonchev–Trinajstić information content (AvgIpc) is 3.28. The predicted molar refractivity (Wildman–Crippen MR) is 150 cm³/mol. The van der Waals surface area contributed by atoms with Gasteiger partial charge in [0.25, 0.3) is 0 Å². The molecular weight excluding hydrogens is 465 g/mol. The van der Waals surface area contributed by atoms with Gasteiger partial charge in [0.1, 0.15) is 18.2 Å². The molecule has 0 aliphatic carbocycles. The quantitative estimate of drug-likeness (QED) is 0.217. The largest absolute Gasteiger partial charge is 0.492 e. The Morgan fingerprint density at radius 3 is 2.70 bits per heavy atom. The van der Waals surface area contributed by atoms with Crippen molar-refractivity contribution in [3.63, 3.8) is 0 Å². The maximum Gasteiger partial charge on any atom is 0.431 e. The minimum Gasteiger partial charge on any atom is -0.492 e. The number of hydrogen-bond acceptors (Lipinski definition) is 8. The maximum absolute atomic E-state index is 9.98. The standard InChI is InChI=1S/C27H30BN7O2/c1-17-12-23-22(15-25(17)37-11-10-34(3)4)27(33-26(32-23)18-6-5-7-20(29)13-18)31-21-8-9-24-19(14-21)16-30-35(24)28(2)36/h5-9,12-16,36H,10-11,29H2,1-4H3,(H,31,32,33). The first-order valence-electron chi connectivity index (χ1n) is 12.2. The van der Waals surface area contributed by atoms with Gasteiger partial charge >= 0.3 is 7.05 Å². The lowest BCUT2D eigenvalue weighted by Gasteiger charge is -2.16. The Morgan fingerprint density at radius 1 is 1.11 bits per heavy atom. The van der Waals surface area contributed by atoms with Crippen LogP contribution in [0.2, 0.25) is 6.82 Å². The minimum atomic E-state index is -0.711. The molecule has 37 heavy (non-hydrogen) atoms. The summed E-state index contributed by atoms with van der Waals surface area (Å²) in [5.41, 5.74) is 11.0. The predicted octanol–water partition coefficient (Wildman–Crippen LogP) is 4.18. The van der Waals surface area contributed by atoms with Crippen molar-refractivity contribution in [1.82, 2.24) is 24.6 Å². The van der Waals surface area contributed by atoms with Crippen molar-refractivity contribution in [2.45, 2.75) is 13.7 Å². The molecule has 0 aliphatic heterocycles. The van der Waals surface area contributed by atoms with Crippen molar-refractivity contribution in [2.24, 2.45) is 0 Å². The highest BCUT2D eigenvalue weighted by atomic mass is 16.5. The molecular formula is C27H30BN7O2. The molecule has 4 N–H and O–H groups in total. The van der Waals surface area contributed by atoms with Gasteiger partial charge in [-0.2, -0.15) is 5.10 Å². The number of aromatic nitrogens is 4. The van der Waals surface area contributed by atoms with Gasteiger partial charge in [0.2, 0.25) is 0 Å². The Labute approximate surface area is 216 Å². The summed E-state index contributed by atoms with van der Waals surface area (Å²) < 4.78 is 7.68. The van der Waals surface area contributed by atoms with E-state index in [2.05, 4.69) is 15.3 Å². The van der Waals surface area contributed by atoms with Gasteiger partial charge in [0, 0.05) is 34.3 Å². The number of aryl methyl sites for hydroxylation is 1. The number of hydrogen-bond donors (Lipinski definition) is 3. The van der Waals surface area contributed by atoms with Gasteiger partial charge in [0.15, 0.2) is 5.82 Å². The topological polar surface area (TPSA) is 114 Å². The van der Waals surface area contributed by atoms with E-state index in [0.717, 1.165) is 50.9 Å². The van der Waals surface area contributed by atoms with Crippen molar-refractivity contribution in [3.05, 3.63) is 66.4 Å². The third-order valence-corrected chi connectivity index (χ3v) is 6.15. The first-order valence-corrected chi connectivity index (χ1v) is 12.2. The zero-order chi connectivity index (χ0) is 26.1. The van der Waals surface area contributed by atoms with E-state index in [-0.39, 0.29) is 0 Å². The van der Waals surface area contributed by atoms with Crippen LogP contribution in [0, 0.1) is 6.92 Å². The maximum atomic E-state index is 9.98. The lowest BCUT2D eigenvalue weighted by molar-refractivity contribution is 0.260. The van der Waals surface area contributed by atoms with Crippen molar-refractivity contribution < 1.29 is 9.76 Å². The van der Waals surface area contributed by atoms with Crippen molar-refractivity contribution >= 4 is 46.0 Å². The SMILES string of the molecule is CB(O)n1ncc2cc(Nc3nc(-c4cccc(N)c4)nc4cc(C)c(OCCN(C)C)cc34)ccc21. The summed E-state index contributed by atoms with van der Waals surface area (Å²) in [6, 6.07) is 17.4. The Balaban J connectivity index is 1.60. The van der Waals surface area contributed by atoms with Crippen LogP contribution >= 0.6 is 0 Å². The molecule has 0 atom stereocenters. The Morgan fingerprint density at radius 2 is 1.95 bits per heavy atom. The number of rotatable bonds is 8. The van der Waals surface area contributed by atoms with E-state index in [9.17, 15) is 5.02 Å². The molecule has 0 radical (unpaired) electrons. The number of nitrogens with zero attached hydrogens (tertiary/aromatic N) is 5. The summed E-state index contributed by atoms with van der Waals surface area (Å²) >= 11 is 0. The van der Waals surface area contributed by atoms with Crippen LogP contribution in [0.3, 0.4) is 0 Å². The van der Waals surface area contributed by atoms with E-state index in [0.29, 0.717) is 23.9 Å². The summed E-state index contributed by atoms with van der Waals surface area (Å²) in [6.45, 7) is 5.10. The normalized spacial score (nSPS) is 11.4. The van der Waals surface area contributed by atoms with Crippen LogP contribution in [0.5, 0.6) is 5.75 Å². The molecule has 0 aliphatic rings. The van der Waals surface area contributed by atoms with Crippen LogP contribution in [-0.2, 0) is 0 Å². The molecule has 0 unspecified atom stereocenters. The molecule has 3 aromatic carbocycles. The van der Waals surface area contributed by atoms with Gasteiger partial charge in [-0.25, -0.2) is 9.97 Å². The second-order valence-corrected chi connectivity index (χ2v) is 9.43. The van der Waals surface area contributed by atoms with Gasteiger partial charge in [-0.3, -0.25) is 4.59 Å². The molecule has 188 valence electrons. The van der Waals surface area contributed by atoms with E-state index in [1.165, 1.54) is 0 Å². The molecule has 0 spiro atoms. The third-order valence-electron chi connectivity index (χ3n) is 6.15. The van der Waals surface area contributed by atoms with E-state index < -0.39 is 7.05 Å². The second-order valence-electron chi connectivity index (χ2n) is 9.43. The summed E-state index contributed by atoms with van der Waals surface area (Å²) in [6.07, 6.45) is 1.74. The molecule has 0 saturated heterocycles. The Kier molecular flexibility index (Phi) is 6.69. The number of fused-ring (bicyclic) bond motifs is 2. The second kappa shape index (κ2) is 10.1. The molecule has 2 aromatic heterocycles. The number of anilines is 3. The van der Waals surface area contributed by atoms with Crippen LogP contribution in [0.4, 0.5) is 17.2 Å². The molecule has 0 amide bonds. The van der Waals surface area contributed by atoms with Gasteiger partial charge in [-0.15, -0.1) is 0 Å². The highest BCUT2D eigenvalue weighted by molar-refractivity contribution is 6.47. The summed E-state index contributed by atoms with van der Waals surface area (Å²) in [7, 11) is 3.33. The minimum absolute atomic E-state index is 0.575.